The summed E-state index contributed by atoms with van der Waals surface area (Å²) in [6.45, 7) is 0.0691. The molecule has 1 aromatic rings. The van der Waals surface area contributed by atoms with E-state index >= 15 is 0 Å². The molecule has 0 bridgehead atoms. The van der Waals surface area contributed by atoms with Crippen LogP contribution in [-0.2, 0) is 4.79 Å². The monoisotopic (exact) mass is 415 g/mol. The van der Waals surface area contributed by atoms with E-state index in [2.05, 4.69) is 5.32 Å². The van der Waals surface area contributed by atoms with Crippen LogP contribution in [0.1, 0.15) is 42.5 Å². The van der Waals surface area contributed by atoms with Gasteiger partial charge in [-0.15, -0.1) is 12.4 Å². The summed E-state index contributed by atoms with van der Waals surface area (Å²) >= 11 is 0. The molecule has 1 aliphatic rings. The van der Waals surface area contributed by atoms with E-state index in [-0.39, 0.29) is 48.2 Å². The molecule has 9 heteroatoms. The SMILES string of the molecule is COc1cc(C(=O)NC(CN)C2CCCCC2)cc(OC)c1OCC(N)=O.Cl. The lowest BCUT2D eigenvalue weighted by Gasteiger charge is -2.30. The third-order valence-corrected chi connectivity index (χ3v) is 4.87. The third-order valence-electron chi connectivity index (χ3n) is 4.87. The van der Waals surface area contributed by atoms with Crippen molar-refractivity contribution in [3.05, 3.63) is 17.7 Å². The van der Waals surface area contributed by atoms with Crippen molar-refractivity contribution in [2.75, 3.05) is 27.4 Å². The quantitative estimate of drug-likeness (QED) is 0.562. The molecular weight excluding hydrogens is 386 g/mol. The number of hydrogen-bond donors (Lipinski definition) is 3. The summed E-state index contributed by atoms with van der Waals surface area (Å²) in [5.74, 6) is 0.298. The van der Waals surface area contributed by atoms with E-state index < -0.39 is 5.91 Å². The van der Waals surface area contributed by atoms with Gasteiger partial charge >= 0.3 is 0 Å². The molecule has 1 fully saturated rings. The van der Waals surface area contributed by atoms with Gasteiger partial charge in [0.25, 0.3) is 11.8 Å². The predicted octanol–water partition coefficient (Wildman–Crippen LogP) is 1.63. The van der Waals surface area contributed by atoms with Crippen LogP contribution in [0.15, 0.2) is 12.1 Å². The van der Waals surface area contributed by atoms with E-state index in [1.165, 1.54) is 33.5 Å². The first-order valence-electron chi connectivity index (χ1n) is 9.18. The van der Waals surface area contributed by atoms with Crippen LogP contribution in [-0.4, -0.2) is 45.2 Å². The lowest BCUT2D eigenvalue weighted by molar-refractivity contribution is -0.120. The fourth-order valence-corrected chi connectivity index (χ4v) is 3.45. The summed E-state index contributed by atoms with van der Waals surface area (Å²) in [6, 6.07) is 3.02. The lowest BCUT2D eigenvalue weighted by atomic mass is 9.84. The zero-order chi connectivity index (χ0) is 19.8. The molecule has 0 saturated heterocycles. The normalized spacial score (nSPS) is 15.1. The fraction of sp³-hybridized carbons (Fsp3) is 0.579. The summed E-state index contributed by atoms with van der Waals surface area (Å²) < 4.78 is 16.0. The molecule has 1 unspecified atom stereocenters. The molecule has 1 saturated carbocycles. The summed E-state index contributed by atoms with van der Waals surface area (Å²) in [6.07, 6.45) is 5.74. The van der Waals surface area contributed by atoms with Gasteiger partial charge in [0, 0.05) is 18.2 Å². The van der Waals surface area contributed by atoms with Gasteiger partial charge in [-0.25, -0.2) is 0 Å². The Morgan fingerprint density at radius 3 is 2.18 bits per heavy atom. The van der Waals surface area contributed by atoms with Gasteiger partial charge in [0.05, 0.1) is 14.2 Å². The van der Waals surface area contributed by atoms with Gasteiger partial charge in [-0.1, -0.05) is 19.3 Å². The molecule has 0 aromatic heterocycles. The van der Waals surface area contributed by atoms with Gasteiger partial charge in [0.2, 0.25) is 5.75 Å². The standard InChI is InChI=1S/C19H29N3O5.ClH/c1-25-15-8-13(9-16(26-2)18(15)27-11-17(21)23)19(24)22-14(10-20)12-6-4-3-5-7-12;/h8-9,12,14H,3-7,10-11,20H2,1-2H3,(H2,21,23)(H,22,24);1H. The van der Waals surface area contributed by atoms with Crippen LogP contribution in [0, 0.1) is 5.92 Å². The number of amides is 2. The molecule has 28 heavy (non-hydrogen) atoms. The number of rotatable bonds is 9. The number of halogens is 1. The van der Waals surface area contributed by atoms with Crippen LogP contribution in [0.4, 0.5) is 0 Å². The second kappa shape index (κ2) is 11.6. The molecule has 5 N–H and O–H groups in total. The molecule has 158 valence electrons. The van der Waals surface area contributed by atoms with E-state index in [0.717, 1.165) is 12.8 Å². The lowest BCUT2D eigenvalue weighted by Crippen LogP contribution is -2.45. The van der Waals surface area contributed by atoms with Crippen molar-refractivity contribution in [2.45, 2.75) is 38.1 Å². The van der Waals surface area contributed by atoms with Gasteiger partial charge in [-0.05, 0) is 30.9 Å². The van der Waals surface area contributed by atoms with Crippen LogP contribution in [0.3, 0.4) is 0 Å². The van der Waals surface area contributed by atoms with Crippen molar-refractivity contribution >= 4 is 24.2 Å². The molecule has 1 atom stereocenters. The van der Waals surface area contributed by atoms with Crippen LogP contribution in [0.25, 0.3) is 0 Å². The zero-order valence-corrected chi connectivity index (χ0v) is 17.2. The van der Waals surface area contributed by atoms with Crippen molar-refractivity contribution in [2.24, 2.45) is 17.4 Å². The topological polar surface area (TPSA) is 126 Å². The number of hydrogen-bond acceptors (Lipinski definition) is 6. The predicted molar refractivity (Wildman–Crippen MR) is 108 cm³/mol. The summed E-state index contributed by atoms with van der Waals surface area (Å²) in [5, 5.41) is 3.04. The van der Waals surface area contributed by atoms with E-state index in [1.807, 2.05) is 0 Å². The van der Waals surface area contributed by atoms with Crippen LogP contribution >= 0.6 is 12.4 Å². The smallest absolute Gasteiger partial charge is 0.255 e. The molecule has 1 aromatic carbocycles. The molecule has 0 heterocycles. The van der Waals surface area contributed by atoms with Crippen molar-refractivity contribution < 1.29 is 23.8 Å². The number of benzene rings is 1. The summed E-state index contributed by atoms with van der Waals surface area (Å²) in [4.78, 5) is 23.8. The third kappa shape index (κ3) is 6.17. The number of methoxy groups -OCH3 is 2. The van der Waals surface area contributed by atoms with Crippen molar-refractivity contribution in [1.29, 1.82) is 0 Å². The highest BCUT2D eigenvalue weighted by Crippen LogP contribution is 2.38. The Kier molecular flexibility index (Phi) is 9.89. The number of primary amides is 1. The number of ether oxygens (including phenoxy) is 3. The fourth-order valence-electron chi connectivity index (χ4n) is 3.45. The minimum absolute atomic E-state index is 0. The first-order valence-corrected chi connectivity index (χ1v) is 9.18. The first kappa shape index (κ1) is 23.8. The Labute approximate surface area is 171 Å². The van der Waals surface area contributed by atoms with Gasteiger partial charge in [-0.2, -0.15) is 0 Å². The Morgan fingerprint density at radius 2 is 1.71 bits per heavy atom. The van der Waals surface area contributed by atoms with E-state index in [1.54, 1.807) is 12.1 Å². The maximum Gasteiger partial charge on any atom is 0.255 e. The van der Waals surface area contributed by atoms with Crippen molar-refractivity contribution in [3.8, 4) is 17.2 Å². The van der Waals surface area contributed by atoms with Crippen molar-refractivity contribution in [1.82, 2.24) is 5.32 Å². The van der Waals surface area contributed by atoms with Gasteiger partial charge < -0.3 is 31.0 Å². The Hall–Kier alpha value is -2.19. The first-order chi connectivity index (χ1) is 13.0. The molecule has 1 aliphatic carbocycles. The number of nitrogens with one attached hydrogen (secondary N) is 1. The maximum atomic E-state index is 12.8. The highest BCUT2D eigenvalue weighted by molar-refractivity contribution is 5.96. The Bertz CT molecular complexity index is 640. The van der Waals surface area contributed by atoms with Crippen LogP contribution in [0.5, 0.6) is 17.2 Å². The maximum absolute atomic E-state index is 12.8. The molecule has 0 radical (unpaired) electrons. The van der Waals surface area contributed by atoms with Gasteiger partial charge in [-0.3, -0.25) is 9.59 Å². The molecule has 2 amide bonds. The molecular formula is C19H30ClN3O5. The highest BCUT2D eigenvalue weighted by atomic mass is 35.5. The highest BCUT2D eigenvalue weighted by Gasteiger charge is 2.25. The minimum atomic E-state index is -0.626. The minimum Gasteiger partial charge on any atom is -0.493 e. The van der Waals surface area contributed by atoms with Gasteiger partial charge in [0.1, 0.15) is 0 Å². The van der Waals surface area contributed by atoms with E-state index in [0.29, 0.717) is 18.0 Å². The second-order valence-electron chi connectivity index (χ2n) is 6.68. The van der Waals surface area contributed by atoms with E-state index in [4.69, 9.17) is 25.7 Å². The molecule has 2 rings (SSSR count). The second-order valence-corrected chi connectivity index (χ2v) is 6.68. The number of nitrogens with two attached hydrogens (primary N) is 2. The average molecular weight is 416 g/mol. The zero-order valence-electron chi connectivity index (χ0n) is 16.4. The Balaban J connectivity index is 0.00000392. The number of carbonyl (C=O) groups is 2. The molecule has 8 nitrogen and oxygen atoms in total. The summed E-state index contributed by atoms with van der Waals surface area (Å²) in [5.41, 5.74) is 11.4. The van der Waals surface area contributed by atoms with Crippen LogP contribution in [0.2, 0.25) is 0 Å². The largest absolute Gasteiger partial charge is 0.493 e. The van der Waals surface area contributed by atoms with Crippen molar-refractivity contribution in [3.63, 3.8) is 0 Å². The summed E-state index contributed by atoms with van der Waals surface area (Å²) in [7, 11) is 2.89. The van der Waals surface area contributed by atoms with E-state index in [9.17, 15) is 9.59 Å². The average Bonchev–Trinajstić information content (AvgIpc) is 2.69. The molecule has 0 aliphatic heterocycles. The number of carbonyl (C=O) groups excluding carboxylic acids is 2. The van der Waals surface area contributed by atoms with Gasteiger partial charge in [0.15, 0.2) is 18.1 Å². The Morgan fingerprint density at radius 1 is 1.14 bits per heavy atom. The molecule has 0 spiro atoms. The van der Waals surface area contributed by atoms with Crippen LogP contribution < -0.4 is 31.0 Å².